The van der Waals surface area contributed by atoms with Gasteiger partial charge in [-0.2, -0.15) is 0 Å². The number of ether oxygens (including phenoxy) is 2. The summed E-state index contributed by atoms with van der Waals surface area (Å²) in [5, 5.41) is 0. The molecule has 148 valence electrons. The third-order valence-electron chi connectivity index (χ3n) is 5.10. The van der Waals surface area contributed by atoms with E-state index >= 15 is 0 Å². The molecular weight excluding hydrogens is 360 g/mol. The molecule has 0 saturated heterocycles. The van der Waals surface area contributed by atoms with Crippen molar-refractivity contribution < 1.29 is 9.47 Å². The molecule has 0 aliphatic carbocycles. The van der Waals surface area contributed by atoms with Gasteiger partial charge in [0.25, 0.3) is 0 Å². The Morgan fingerprint density at radius 2 is 1.66 bits per heavy atom. The first-order valence-electron chi connectivity index (χ1n) is 9.87. The predicted molar refractivity (Wildman–Crippen MR) is 116 cm³/mol. The molecule has 1 aliphatic heterocycles. The highest BCUT2D eigenvalue weighted by Crippen LogP contribution is 2.30. The van der Waals surface area contributed by atoms with E-state index in [1.807, 2.05) is 30.6 Å². The van der Waals surface area contributed by atoms with E-state index in [1.165, 1.54) is 22.3 Å². The lowest BCUT2D eigenvalue weighted by Gasteiger charge is -2.26. The lowest BCUT2D eigenvalue weighted by Crippen LogP contribution is -2.27. The zero-order valence-electron chi connectivity index (χ0n) is 17.0. The molecule has 0 radical (unpaired) electrons. The summed E-state index contributed by atoms with van der Waals surface area (Å²) in [6.07, 6.45) is 5.94. The number of rotatable bonds is 7. The molecule has 4 rings (SSSR count). The van der Waals surface area contributed by atoms with Crippen LogP contribution in [0.2, 0.25) is 0 Å². The smallest absolute Gasteiger partial charge is 0.127 e. The third kappa shape index (κ3) is 5.04. The highest BCUT2D eigenvalue weighted by Gasteiger charge is 2.16. The van der Waals surface area contributed by atoms with Crippen molar-refractivity contribution >= 4 is 6.08 Å². The maximum atomic E-state index is 5.99. The van der Waals surface area contributed by atoms with Gasteiger partial charge in [0.2, 0.25) is 0 Å². The molecule has 0 atom stereocenters. The lowest BCUT2D eigenvalue weighted by molar-refractivity contribution is 0.259. The topological polar surface area (TPSA) is 34.6 Å². The van der Waals surface area contributed by atoms with Crippen molar-refractivity contribution in [3.8, 4) is 11.5 Å². The molecule has 4 heteroatoms. The fourth-order valence-electron chi connectivity index (χ4n) is 3.57. The largest absolute Gasteiger partial charge is 0.497 e. The van der Waals surface area contributed by atoms with Crippen LogP contribution >= 0.6 is 0 Å². The van der Waals surface area contributed by atoms with Gasteiger partial charge in [0.1, 0.15) is 18.1 Å². The quantitative estimate of drug-likeness (QED) is 0.580. The highest BCUT2D eigenvalue weighted by molar-refractivity contribution is 5.64. The van der Waals surface area contributed by atoms with E-state index in [0.717, 1.165) is 36.7 Å². The molecular formula is C25H26N2O2. The molecule has 0 unspecified atom stereocenters. The number of nitrogens with zero attached hydrogens (tertiary/aromatic N) is 2. The van der Waals surface area contributed by atoms with Crippen molar-refractivity contribution in [3.05, 3.63) is 94.8 Å². The van der Waals surface area contributed by atoms with Crippen LogP contribution in [0.1, 0.15) is 22.3 Å². The van der Waals surface area contributed by atoms with Crippen molar-refractivity contribution in [2.24, 2.45) is 0 Å². The molecule has 0 fully saturated rings. The van der Waals surface area contributed by atoms with Gasteiger partial charge < -0.3 is 9.47 Å². The molecule has 0 bridgehead atoms. The van der Waals surface area contributed by atoms with Gasteiger partial charge in [-0.05, 0) is 60.0 Å². The van der Waals surface area contributed by atoms with Crippen LogP contribution < -0.4 is 9.47 Å². The Kier molecular flexibility index (Phi) is 5.92. The number of methoxy groups -OCH3 is 1. The molecule has 0 saturated carbocycles. The summed E-state index contributed by atoms with van der Waals surface area (Å²) >= 11 is 0. The standard InChI is InChI=1S/C25H26N2O2/c1-19-3-5-20(6-4-19)15-27(16-21-9-11-26-12-10-21)17-22-13-23-14-24(28-2)7-8-25(23)29-18-22/h3-14H,15-18H2,1-2H3. The first-order valence-corrected chi connectivity index (χ1v) is 9.87. The molecule has 4 nitrogen and oxygen atoms in total. The fraction of sp³-hybridized carbons (Fsp3) is 0.240. The van der Waals surface area contributed by atoms with E-state index in [4.69, 9.17) is 9.47 Å². The van der Waals surface area contributed by atoms with Crippen LogP contribution in [0, 0.1) is 6.92 Å². The minimum absolute atomic E-state index is 0.611. The van der Waals surface area contributed by atoms with E-state index in [0.29, 0.717) is 6.61 Å². The van der Waals surface area contributed by atoms with Gasteiger partial charge in [0, 0.05) is 37.6 Å². The molecule has 2 heterocycles. The number of fused-ring (bicyclic) bond motifs is 1. The van der Waals surface area contributed by atoms with Crippen molar-refractivity contribution in [1.29, 1.82) is 0 Å². The van der Waals surface area contributed by atoms with Gasteiger partial charge in [0.05, 0.1) is 7.11 Å². The maximum Gasteiger partial charge on any atom is 0.127 e. The average Bonchev–Trinajstić information content (AvgIpc) is 2.75. The minimum Gasteiger partial charge on any atom is -0.497 e. The molecule has 0 amide bonds. The van der Waals surface area contributed by atoms with Crippen molar-refractivity contribution in [3.63, 3.8) is 0 Å². The predicted octanol–water partition coefficient (Wildman–Crippen LogP) is 4.88. The second-order valence-corrected chi connectivity index (χ2v) is 7.48. The van der Waals surface area contributed by atoms with E-state index in [2.05, 4.69) is 59.3 Å². The van der Waals surface area contributed by atoms with Gasteiger partial charge in [0.15, 0.2) is 0 Å². The van der Waals surface area contributed by atoms with Crippen LogP contribution in [0.4, 0.5) is 0 Å². The minimum atomic E-state index is 0.611. The molecule has 1 aliphatic rings. The van der Waals surface area contributed by atoms with Crippen LogP contribution in [-0.4, -0.2) is 30.1 Å². The number of pyridine rings is 1. The molecule has 0 spiro atoms. The van der Waals surface area contributed by atoms with Crippen LogP contribution in [0.15, 0.2) is 72.6 Å². The first kappa shape index (κ1) is 19.2. The second-order valence-electron chi connectivity index (χ2n) is 7.48. The van der Waals surface area contributed by atoms with Gasteiger partial charge in [-0.3, -0.25) is 9.88 Å². The van der Waals surface area contributed by atoms with Crippen LogP contribution in [0.25, 0.3) is 6.08 Å². The number of aromatic nitrogens is 1. The number of aryl methyl sites for hydroxylation is 1. The lowest BCUT2D eigenvalue weighted by atomic mass is 10.1. The normalized spacial score (nSPS) is 12.9. The molecule has 2 aromatic carbocycles. The first-order chi connectivity index (χ1) is 14.2. The van der Waals surface area contributed by atoms with Gasteiger partial charge >= 0.3 is 0 Å². The number of hydrogen-bond acceptors (Lipinski definition) is 4. The Morgan fingerprint density at radius 3 is 2.38 bits per heavy atom. The summed E-state index contributed by atoms with van der Waals surface area (Å²) in [6, 6.07) is 18.9. The average molecular weight is 386 g/mol. The van der Waals surface area contributed by atoms with E-state index < -0.39 is 0 Å². The van der Waals surface area contributed by atoms with Crippen molar-refractivity contribution in [1.82, 2.24) is 9.88 Å². The van der Waals surface area contributed by atoms with E-state index in [1.54, 1.807) is 7.11 Å². The van der Waals surface area contributed by atoms with E-state index in [-0.39, 0.29) is 0 Å². The zero-order chi connectivity index (χ0) is 20.1. The Morgan fingerprint density at radius 1 is 0.931 bits per heavy atom. The van der Waals surface area contributed by atoms with Crippen LogP contribution in [0.3, 0.4) is 0 Å². The third-order valence-corrected chi connectivity index (χ3v) is 5.10. The van der Waals surface area contributed by atoms with Crippen LogP contribution in [-0.2, 0) is 13.1 Å². The zero-order valence-corrected chi connectivity index (χ0v) is 17.0. The molecule has 0 N–H and O–H groups in total. The van der Waals surface area contributed by atoms with E-state index in [9.17, 15) is 0 Å². The van der Waals surface area contributed by atoms with Gasteiger partial charge in [-0.1, -0.05) is 29.8 Å². The maximum absolute atomic E-state index is 5.99. The summed E-state index contributed by atoms with van der Waals surface area (Å²) in [5.74, 6) is 1.76. The number of hydrogen-bond donors (Lipinski definition) is 0. The van der Waals surface area contributed by atoms with Crippen molar-refractivity contribution in [2.45, 2.75) is 20.0 Å². The summed E-state index contributed by atoms with van der Waals surface area (Å²) < 4.78 is 11.4. The Labute approximate surface area is 172 Å². The monoisotopic (exact) mass is 386 g/mol. The fourth-order valence-corrected chi connectivity index (χ4v) is 3.57. The Bertz CT molecular complexity index is 981. The second kappa shape index (κ2) is 8.93. The Hall–Kier alpha value is -3.11. The van der Waals surface area contributed by atoms with Crippen molar-refractivity contribution in [2.75, 3.05) is 20.3 Å². The Balaban J connectivity index is 1.55. The van der Waals surface area contributed by atoms with Gasteiger partial charge in [-0.15, -0.1) is 0 Å². The highest BCUT2D eigenvalue weighted by atomic mass is 16.5. The van der Waals surface area contributed by atoms with Gasteiger partial charge in [-0.25, -0.2) is 0 Å². The molecule has 29 heavy (non-hydrogen) atoms. The summed E-state index contributed by atoms with van der Waals surface area (Å²) in [4.78, 5) is 6.59. The summed E-state index contributed by atoms with van der Waals surface area (Å²) in [6.45, 7) is 5.31. The number of benzene rings is 2. The molecule has 1 aromatic heterocycles. The summed E-state index contributed by atoms with van der Waals surface area (Å²) in [5.41, 5.74) is 6.18. The van der Waals surface area contributed by atoms with Crippen LogP contribution in [0.5, 0.6) is 11.5 Å². The summed E-state index contributed by atoms with van der Waals surface area (Å²) in [7, 11) is 1.69. The SMILES string of the molecule is COc1ccc2c(c1)C=C(CN(Cc1ccncc1)Cc1ccc(C)cc1)CO2. The molecule has 3 aromatic rings.